The van der Waals surface area contributed by atoms with Crippen LogP contribution in [0.2, 0.25) is 5.02 Å². The van der Waals surface area contributed by atoms with Crippen LogP contribution in [0.15, 0.2) is 30.6 Å². The number of amides is 2. The van der Waals surface area contributed by atoms with Gasteiger partial charge in [0.25, 0.3) is 11.8 Å². The minimum absolute atomic E-state index is 0.101. The van der Waals surface area contributed by atoms with Crippen molar-refractivity contribution in [3.05, 3.63) is 64.0 Å². The predicted molar refractivity (Wildman–Crippen MR) is 158 cm³/mol. The molecule has 3 aromatic rings. The van der Waals surface area contributed by atoms with Crippen molar-refractivity contribution in [2.45, 2.75) is 77.0 Å². The summed E-state index contributed by atoms with van der Waals surface area (Å²) in [6, 6.07) is 5.28. The summed E-state index contributed by atoms with van der Waals surface area (Å²) in [5.74, 6) is 0.288. The molecule has 2 amide bonds. The van der Waals surface area contributed by atoms with E-state index in [2.05, 4.69) is 9.97 Å². The highest BCUT2D eigenvalue weighted by Gasteiger charge is 2.49. The maximum Gasteiger partial charge on any atom is 0.341 e. The van der Waals surface area contributed by atoms with Crippen LogP contribution in [-0.4, -0.2) is 38.3 Å². The zero-order valence-electron chi connectivity index (χ0n) is 24.3. The van der Waals surface area contributed by atoms with Crippen LogP contribution < -0.4 is 15.4 Å². The minimum Gasteiger partial charge on any atom is -0.476 e. The molecule has 7 rings (SSSR count). The van der Waals surface area contributed by atoms with Gasteiger partial charge in [0.1, 0.15) is 11.6 Å². The molecular weight excluding hydrogens is 570 g/mol. The molecule has 2 fully saturated rings. The summed E-state index contributed by atoms with van der Waals surface area (Å²) in [5, 5.41) is 0.394. The molecule has 43 heavy (non-hydrogen) atoms. The Morgan fingerprint density at radius 3 is 2.40 bits per heavy atom. The van der Waals surface area contributed by atoms with Gasteiger partial charge in [-0.25, -0.2) is 14.8 Å². The second kappa shape index (κ2) is 9.74. The van der Waals surface area contributed by atoms with E-state index in [-0.39, 0.29) is 23.6 Å². The van der Waals surface area contributed by atoms with E-state index in [4.69, 9.17) is 31.8 Å². The molecule has 4 aliphatic rings. The number of hydrogen-bond acceptors (Lipinski definition) is 8. The van der Waals surface area contributed by atoms with Gasteiger partial charge in [0.2, 0.25) is 0 Å². The number of ether oxygens (including phenoxy) is 2. The summed E-state index contributed by atoms with van der Waals surface area (Å²) >= 11 is 5.96. The van der Waals surface area contributed by atoms with Gasteiger partial charge < -0.3 is 15.2 Å². The van der Waals surface area contributed by atoms with E-state index in [1.165, 1.54) is 12.4 Å². The van der Waals surface area contributed by atoms with E-state index < -0.39 is 23.1 Å². The van der Waals surface area contributed by atoms with Crippen molar-refractivity contribution >= 4 is 35.1 Å². The third-order valence-corrected chi connectivity index (χ3v) is 8.93. The topological polar surface area (TPSA) is 138 Å². The zero-order valence-corrected chi connectivity index (χ0v) is 25.0. The number of halogens is 1. The van der Waals surface area contributed by atoms with Gasteiger partial charge in [0.05, 0.1) is 39.8 Å². The van der Waals surface area contributed by atoms with Crippen LogP contribution >= 0.6 is 11.6 Å². The Kier molecular flexibility index (Phi) is 6.29. The normalized spacial score (nSPS) is 22.1. The maximum atomic E-state index is 13.6. The molecule has 1 aromatic carbocycles. The fraction of sp³-hybridized carbons (Fsp3) is 0.438. The van der Waals surface area contributed by atoms with Gasteiger partial charge in [0, 0.05) is 18.0 Å². The van der Waals surface area contributed by atoms with Crippen LogP contribution in [0.25, 0.3) is 11.1 Å². The fourth-order valence-corrected chi connectivity index (χ4v) is 6.37. The number of benzene rings is 1. The molecule has 2 aromatic heterocycles. The quantitative estimate of drug-likeness (QED) is 0.351. The maximum absolute atomic E-state index is 13.6. The number of primary amides is 1. The van der Waals surface area contributed by atoms with Crippen LogP contribution in [0, 0.1) is 11.8 Å². The number of hydrogen-bond donors (Lipinski definition) is 1. The van der Waals surface area contributed by atoms with Crippen LogP contribution in [0.4, 0.5) is 5.69 Å². The summed E-state index contributed by atoms with van der Waals surface area (Å²) in [4.78, 5) is 55.2. The second-order valence-corrected chi connectivity index (χ2v) is 13.3. The lowest BCUT2D eigenvalue weighted by atomic mass is 9.86. The van der Waals surface area contributed by atoms with E-state index in [1.807, 2.05) is 6.92 Å². The molecule has 0 bridgehead atoms. The number of carbonyl (C=O) groups excluding carboxylic acids is 3. The molecule has 0 spiro atoms. The number of anilines is 1. The molecule has 10 nitrogen and oxygen atoms in total. The van der Waals surface area contributed by atoms with E-state index in [9.17, 15) is 14.4 Å². The molecule has 0 radical (unpaired) electrons. The van der Waals surface area contributed by atoms with Crippen molar-refractivity contribution in [3.8, 4) is 16.9 Å². The monoisotopic (exact) mass is 601 g/mol. The average Bonchev–Trinajstić information content (AvgIpc) is 3.88. The number of nitrogens with zero attached hydrogens (tertiary/aromatic N) is 4. The average molecular weight is 602 g/mol. The van der Waals surface area contributed by atoms with Crippen LogP contribution in [-0.2, 0) is 28.1 Å². The zero-order chi connectivity index (χ0) is 30.3. The van der Waals surface area contributed by atoms with E-state index in [1.54, 1.807) is 36.9 Å². The fourth-order valence-electron chi connectivity index (χ4n) is 6.27. The van der Waals surface area contributed by atoms with Crippen molar-refractivity contribution in [1.82, 2.24) is 15.0 Å². The highest BCUT2D eigenvalue weighted by atomic mass is 35.5. The number of carbonyl (C=O) groups is 3. The molecule has 222 valence electrons. The van der Waals surface area contributed by atoms with E-state index >= 15 is 0 Å². The van der Waals surface area contributed by atoms with Gasteiger partial charge in [0.15, 0.2) is 11.2 Å². The first-order valence-electron chi connectivity index (χ1n) is 14.7. The van der Waals surface area contributed by atoms with Gasteiger partial charge in [-0.15, -0.1) is 0 Å². The van der Waals surface area contributed by atoms with Gasteiger partial charge in [-0.3, -0.25) is 19.5 Å². The number of esters is 1. The van der Waals surface area contributed by atoms with Crippen molar-refractivity contribution in [2.75, 3.05) is 4.90 Å². The molecular formula is C32H32ClN5O5. The van der Waals surface area contributed by atoms with Crippen molar-refractivity contribution < 1.29 is 23.9 Å². The first-order valence-corrected chi connectivity index (χ1v) is 15.0. The van der Waals surface area contributed by atoms with Crippen LogP contribution in [0.3, 0.4) is 0 Å². The standard InChI is InChI=1S/C32H32ClN5O5/c1-31(2)30(41)38(15-23-35-13-19(33)14-36-23)21-9-8-18(11-22(21)42-31)24-25(28(34)39)20(10-16-4-5-16)37-27-26(24)29(40)43-32(27,3)12-17-6-7-17/h8-9,11,13-14,16-17H,4-7,10,12,15H2,1-3H3,(H2,34,39)/t32-/m0/s1. The molecule has 0 saturated heterocycles. The second-order valence-electron chi connectivity index (χ2n) is 12.8. The number of fused-ring (bicyclic) bond motifs is 2. The lowest BCUT2D eigenvalue weighted by molar-refractivity contribution is -0.132. The van der Waals surface area contributed by atoms with Crippen LogP contribution in [0.1, 0.15) is 90.8 Å². The minimum atomic E-state index is -1.20. The Morgan fingerprint density at radius 2 is 1.74 bits per heavy atom. The lowest BCUT2D eigenvalue weighted by Crippen LogP contribution is -2.52. The molecule has 2 saturated carbocycles. The number of aromatic nitrogens is 3. The van der Waals surface area contributed by atoms with Crippen LogP contribution in [0.5, 0.6) is 5.75 Å². The van der Waals surface area contributed by atoms with Gasteiger partial charge in [-0.05, 0) is 76.0 Å². The summed E-state index contributed by atoms with van der Waals surface area (Å²) < 4.78 is 12.3. The number of rotatable bonds is 8. The first kappa shape index (κ1) is 27.8. The summed E-state index contributed by atoms with van der Waals surface area (Å²) in [6.07, 6.45) is 8.56. The molecule has 0 unspecified atom stereocenters. The van der Waals surface area contributed by atoms with Crippen molar-refractivity contribution in [3.63, 3.8) is 0 Å². The summed E-state index contributed by atoms with van der Waals surface area (Å²) in [6.45, 7) is 5.39. The number of pyridine rings is 1. The van der Waals surface area contributed by atoms with Crippen molar-refractivity contribution in [1.29, 1.82) is 0 Å². The Balaban J connectivity index is 1.39. The van der Waals surface area contributed by atoms with Crippen molar-refractivity contribution in [2.24, 2.45) is 17.6 Å². The molecule has 4 heterocycles. The highest BCUT2D eigenvalue weighted by molar-refractivity contribution is 6.30. The Labute approximate surface area is 253 Å². The largest absolute Gasteiger partial charge is 0.476 e. The third-order valence-electron chi connectivity index (χ3n) is 8.73. The number of nitrogens with two attached hydrogens (primary N) is 1. The van der Waals surface area contributed by atoms with E-state index in [0.717, 1.165) is 25.7 Å². The lowest BCUT2D eigenvalue weighted by Gasteiger charge is -2.38. The summed E-state index contributed by atoms with van der Waals surface area (Å²) in [5.41, 5.74) is 7.08. The van der Waals surface area contributed by atoms with E-state index in [0.29, 0.717) is 69.5 Å². The Morgan fingerprint density at radius 1 is 1.05 bits per heavy atom. The highest BCUT2D eigenvalue weighted by Crippen LogP contribution is 2.51. The molecule has 11 heteroatoms. The molecule has 1 atom stereocenters. The van der Waals surface area contributed by atoms with Gasteiger partial charge >= 0.3 is 5.97 Å². The SMILES string of the molecule is CC1(C)Oc2cc(-c3c(C(N)=O)c(CC4CC4)nc4c3C(=O)O[C@@]4(C)CC3CC3)ccc2N(Cc2ncc(Cl)cn2)C1=O. The Bertz CT molecular complexity index is 1700. The molecule has 2 aliphatic carbocycles. The smallest absolute Gasteiger partial charge is 0.341 e. The predicted octanol–water partition coefficient (Wildman–Crippen LogP) is 5.13. The third kappa shape index (κ3) is 4.91. The summed E-state index contributed by atoms with van der Waals surface area (Å²) in [7, 11) is 0. The van der Waals surface area contributed by atoms with Gasteiger partial charge in [-0.1, -0.05) is 30.5 Å². The molecule has 2 aliphatic heterocycles. The van der Waals surface area contributed by atoms with Gasteiger partial charge in [-0.2, -0.15) is 0 Å². The Hall–Kier alpha value is -4.05. The number of cyclic esters (lactones) is 1. The first-order chi connectivity index (χ1) is 20.4. The molecule has 2 N–H and O–H groups in total.